The van der Waals surface area contributed by atoms with Crippen LogP contribution in [0.5, 0.6) is 0 Å². The lowest BCUT2D eigenvalue weighted by Crippen LogP contribution is -2.32. The molecule has 2 rings (SSSR count). The maximum absolute atomic E-state index is 11.7. The zero-order valence-electron chi connectivity index (χ0n) is 11.8. The van der Waals surface area contributed by atoms with Gasteiger partial charge in [0.2, 0.25) is 0 Å². The van der Waals surface area contributed by atoms with E-state index in [0.717, 1.165) is 19.3 Å². The summed E-state index contributed by atoms with van der Waals surface area (Å²) in [5, 5.41) is 5.37. The Morgan fingerprint density at radius 1 is 1.40 bits per heavy atom. The van der Waals surface area contributed by atoms with Gasteiger partial charge < -0.3 is 15.2 Å². The highest BCUT2D eigenvalue weighted by molar-refractivity contribution is 5.88. The van der Waals surface area contributed by atoms with Crippen LogP contribution < -0.4 is 16.2 Å². The van der Waals surface area contributed by atoms with E-state index in [9.17, 15) is 9.59 Å². The van der Waals surface area contributed by atoms with Gasteiger partial charge in [-0.3, -0.25) is 4.79 Å². The molecule has 0 fully saturated rings. The van der Waals surface area contributed by atoms with E-state index in [1.807, 2.05) is 0 Å². The number of hydrogen-bond acceptors (Lipinski definition) is 2. The first-order valence-electron chi connectivity index (χ1n) is 7.05. The topological polar surface area (TPSA) is 63.1 Å². The minimum atomic E-state index is -0.329. The largest absolute Gasteiger partial charge is 0.338 e. The van der Waals surface area contributed by atoms with Gasteiger partial charge in [0.05, 0.1) is 0 Å². The number of amides is 2. The number of urea groups is 1. The maximum atomic E-state index is 11.7. The third-order valence-corrected chi connectivity index (χ3v) is 3.49. The average Bonchev–Trinajstić information content (AvgIpc) is 2.45. The van der Waals surface area contributed by atoms with E-state index in [4.69, 9.17) is 0 Å². The Morgan fingerprint density at radius 3 is 3.00 bits per heavy atom. The van der Waals surface area contributed by atoms with E-state index in [0.29, 0.717) is 12.2 Å². The molecule has 1 heterocycles. The lowest BCUT2D eigenvalue weighted by atomic mass is 9.97. The van der Waals surface area contributed by atoms with Crippen molar-refractivity contribution in [3.05, 3.63) is 40.3 Å². The van der Waals surface area contributed by atoms with Crippen LogP contribution >= 0.6 is 0 Å². The van der Waals surface area contributed by atoms with Gasteiger partial charge in [-0.2, -0.15) is 0 Å². The van der Waals surface area contributed by atoms with Crippen molar-refractivity contribution < 1.29 is 4.79 Å². The van der Waals surface area contributed by atoms with Gasteiger partial charge in [0, 0.05) is 19.8 Å². The number of anilines is 1. The number of hydrogen-bond donors (Lipinski definition) is 2. The van der Waals surface area contributed by atoms with Gasteiger partial charge in [0.15, 0.2) is 0 Å². The molecular weight excluding hydrogens is 254 g/mol. The highest BCUT2D eigenvalue weighted by Gasteiger charge is 2.07. The van der Waals surface area contributed by atoms with E-state index < -0.39 is 0 Å². The number of allylic oxidation sites excluding steroid dienone is 1. The fourth-order valence-electron chi connectivity index (χ4n) is 2.33. The Labute approximate surface area is 118 Å². The molecule has 0 saturated heterocycles. The van der Waals surface area contributed by atoms with Crippen LogP contribution in [0, 0.1) is 0 Å². The molecule has 1 aliphatic rings. The van der Waals surface area contributed by atoms with Crippen LogP contribution in [-0.4, -0.2) is 17.1 Å². The van der Waals surface area contributed by atoms with E-state index >= 15 is 0 Å². The van der Waals surface area contributed by atoms with Crippen LogP contribution in [0.25, 0.3) is 0 Å². The molecule has 2 N–H and O–H groups in total. The fraction of sp³-hybridized carbons (Fsp3) is 0.467. The summed E-state index contributed by atoms with van der Waals surface area (Å²) in [6.45, 7) is 0.602. The van der Waals surface area contributed by atoms with Gasteiger partial charge in [-0.05, 0) is 44.2 Å². The molecule has 0 saturated carbocycles. The quantitative estimate of drug-likeness (QED) is 0.829. The maximum Gasteiger partial charge on any atom is 0.319 e. The highest BCUT2D eigenvalue weighted by atomic mass is 16.2. The molecule has 5 heteroatoms. The normalized spacial score (nSPS) is 14.6. The van der Waals surface area contributed by atoms with Crippen molar-refractivity contribution in [3.8, 4) is 0 Å². The SMILES string of the molecule is Cn1cccc(NC(=O)NCCC2=CCCCC2)c1=O. The number of carbonyl (C=O) groups excluding carboxylic acids is 1. The summed E-state index contributed by atoms with van der Waals surface area (Å²) in [7, 11) is 1.65. The van der Waals surface area contributed by atoms with Crippen LogP contribution in [0.3, 0.4) is 0 Å². The Balaban J connectivity index is 1.79. The number of nitrogens with one attached hydrogen (secondary N) is 2. The van der Waals surface area contributed by atoms with E-state index in [1.54, 1.807) is 25.4 Å². The summed E-state index contributed by atoms with van der Waals surface area (Å²) in [5.74, 6) is 0. The third-order valence-electron chi connectivity index (χ3n) is 3.49. The monoisotopic (exact) mass is 275 g/mol. The number of aromatic nitrogens is 1. The number of nitrogens with zero attached hydrogens (tertiary/aromatic N) is 1. The first kappa shape index (κ1) is 14.4. The lowest BCUT2D eigenvalue weighted by molar-refractivity contribution is 0.252. The molecule has 108 valence electrons. The summed E-state index contributed by atoms with van der Waals surface area (Å²) >= 11 is 0. The lowest BCUT2D eigenvalue weighted by Gasteiger charge is -2.13. The first-order valence-corrected chi connectivity index (χ1v) is 7.05. The second-order valence-corrected chi connectivity index (χ2v) is 5.08. The minimum Gasteiger partial charge on any atom is -0.338 e. The van der Waals surface area contributed by atoms with Gasteiger partial charge in [-0.1, -0.05) is 11.6 Å². The molecule has 5 nitrogen and oxygen atoms in total. The zero-order chi connectivity index (χ0) is 14.4. The van der Waals surface area contributed by atoms with Crippen LogP contribution in [-0.2, 0) is 7.05 Å². The van der Waals surface area contributed by atoms with Crippen LogP contribution in [0.4, 0.5) is 10.5 Å². The van der Waals surface area contributed by atoms with Crippen molar-refractivity contribution in [2.45, 2.75) is 32.1 Å². The van der Waals surface area contributed by atoms with Gasteiger partial charge >= 0.3 is 6.03 Å². The van der Waals surface area contributed by atoms with Gasteiger partial charge in [0.1, 0.15) is 5.69 Å². The molecular formula is C15H21N3O2. The number of carbonyl (C=O) groups is 1. The second-order valence-electron chi connectivity index (χ2n) is 5.08. The van der Waals surface area contributed by atoms with Gasteiger partial charge in [-0.15, -0.1) is 0 Å². The van der Waals surface area contributed by atoms with Crippen LogP contribution in [0.15, 0.2) is 34.8 Å². The summed E-state index contributed by atoms with van der Waals surface area (Å²) in [5.41, 5.74) is 1.51. The Hall–Kier alpha value is -2.04. The smallest absolute Gasteiger partial charge is 0.319 e. The fourth-order valence-corrected chi connectivity index (χ4v) is 2.33. The molecule has 20 heavy (non-hydrogen) atoms. The average molecular weight is 275 g/mol. The number of aryl methyl sites for hydroxylation is 1. The predicted octanol–water partition coefficient (Wildman–Crippen LogP) is 2.40. The summed E-state index contributed by atoms with van der Waals surface area (Å²) in [6, 6.07) is 3.00. The number of rotatable bonds is 4. The molecule has 1 aromatic rings. The third kappa shape index (κ3) is 3.98. The van der Waals surface area contributed by atoms with Crippen molar-refractivity contribution in [1.82, 2.24) is 9.88 Å². The Morgan fingerprint density at radius 2 is 2.25 bits per heavy atom. The Bertz CT molecular complexity index is 560. The van der Waals surface area contributed by atoms with Crippen molar-refractivity contribution in [3.63, 3.8) is 0 Å². The van der Waals surface area contributed by atoms with Gasteiger partial charge in [0.25, 0.3) is 5.56 Å². The zero-order valence-corrected chi connectivity index (χ0v) is 11.8. The summed E-state index contributed by atoms with van der Waals surface area (Å²) in [6.07, 6.45) is 9.63. The molecule has 1 aromatic heterocycles. The second kappa shape index (κ2) is 6.93. The molecule has 0 unspecified atom stereocenters. The Kier molecular flexibility index (Phi) is 4.98. The minimum absolute atomic E-state index is 0.211. The summed E-state index contributed by atoms with van der Waals surface area (Å²) in [4.78, 5) is 23.5. The van der Waals surface area contributed by atoms with Crippen molar-refractivity contribution in [2.24, 2.45) is 7.05 Å². The van der Waals surface area contributed by atoms with E-state index in [2.05, 4.69) is 16.7 Å². The van der Waals surface area contributed by atoms with Crippen molar-refractivity contribution in [2.75, 3.05) is 11.9 Å². The molecule has 0 radical (unpaired) electrons. The van der Waals surface area contributed by atoms with Crippen LogP contribution in [0.1, 0.15) is 32.1 Å². The highest BCUT2D eigenvalue weighted by Crippen LogP contribution is 2.19. The predicted molar refractivity (Wildman–Crippen MR) is 79.9 cm³/mol. The molecule has 2 amide bonds. The molecule has 0 atom stereocenters. The van der Waals surface area contributed by atoms with Gasteiger partial charge in [-0.25, -0.2) is 4.79 Å². The van der Waals surface area contributed by atoms with E-state index in [1.165, 1.54) is 23.0 Å². The van der Waals surface area contributed by atoms with E-state index in [-0.39, 0.29) is 11.6 Å². The van der Waals surface area contributed by atoms with Crippen molar-refractivity contribution >= 4 is 11.7 Å². The molecule has 1 aliphatic carbocycles. The van der Waals surface area contributed by atoms with Crippen molar-refractivity contribution in [1.29, 1.82) is 0 Å². The summed E-state index contributed by atoms with van der Waals surface area (Å²) < 4.78 is 1.43. The molecule has 0 aromatic carbocycles. The number of pyridine rings is 1. The molecule has 0 aliphatic heterocycles. The first-order chi connectivity index (χ1) is 9.66. The molecule has 0 spiro atoms. The van der Waals surface area contributed by atoms with Crippen LogP contribution in [0.2, 0.25) is 0 Å². The standard InChI is InChI=1S/C15H21N3O2/c1-18-11-5-8-13(14(18)19)17-15(20)16-10-9-12-6-3-2-4-7-12/h5-6,8,11H,2-4,7,9-10H2,1H3,(H2,16,17,20). The molecule has 0 bridgehead atoms.